The van der Waals surface area contributed by atoms with Crippen molar-refractivity contribution >= 4 is 11.9 Å². The molecule has 2 fully saturated rings. The van der Waals surface area contributed by atoms with Crippen LogP contribution in [-0.4, -0.2) is 34.0 Å². The van der Waals surface area contributed by atoms with Crippen molar-refractivity contribution in [2.24, 2.45) is 5.92 Å². The maximum absolute atomic E-state index is 13.2. The zero-order valence-corrected chi connectivity index (χ0v) is 16.9. The third-order valence-corrected chi connectivity index (χ3v) is 5.96. The van der Waals surface area contributed by atoms with Crippen LogP contribution < -0.4 is 0 Å². The number of unbranched alkanes of at least 4 members (excludes halogenated alkanes) is 2. The van der Waals surface area contributed by atoms with E-state index in [1.165, 1.54) is 6.42 Å². The van der Waals surface area contributed by atoms with Crippen LogP contribution in [0, 0.1) is 5.92 Å². The molecule has 0 N–H and O–H groups in total. The lowest BCUT2D eigenvalue weighted by Crippen LogP contribution is -2.65. The molecule has 25 heavy (non-hydrogen) atoms. The van der Waals surface area contributed by atoms with Crippen molar-refractivity contribution in [2.45, 2.75) is 116 Å². The molecule has 1 heterocycles. The molecule has 0 aromatic heterocycles. The number of likely N-dealkylation sites (tertiary alicyclic amines) is 1. The van der Waals surface area contributed by atoms with Gasteiger partial charge in [0.05, 0.1) is 5.54 Å². The molecular weight excluding hydrogens is 314 g/mol. The van der Waals surface area contributed by atoms with Crippen molar-refractivity contribution in [1.82, 2.24) is 4.90 Å². The third kappa shape index (κ3) is 4.77. The average molecular weight is 352 g/mol. The fourth-order valence-corrected chi connectivity index (χ4v) is 4.74. The van der Waals surface area contributed by atoms with E-state index in [1.807, 2.05) is 25.7 Å². The average Bonchev–Trinajstić information content (AvgIpc) is 2.48. The molecule has 1 saturated carbocycles. The summed E-state index contributed by atoms with van der Waals surface area (Å²) in [5, 5.41) is 0. The smallest absolute Gasteiger partial charge is 0.411 e. The quantitative estimate of drug-likeness (QED) is 0.630. The van der Waals surface area contributed by atoms with Crippen LogP contribution in [0.4, 0.5) is 4.79 Å². The molecule has 0 aromatic carbocycles. The monoisotopic (exact) mass is 351 g/mol. The highest BCUT2D eigenvalue weighted by molar-refractivity contribution is 5.84. The van der Waals surface area contributed by atoms with Crippen molar-refractivity contribution in [1.29, 1.82) is 0 Å². The van der Waals surface area contributed by atoms with E-state index < -0.39 is 5.60 Å². The molecule has 0 aromatic rings. The van der Waals surface area contributed by atoms with Crippen LogP contribution in [0.3, 0.4) is 0 Å². The lowest BCUT2D eigenvalue weighted by atomic mass is 9.66. The fourth-order valence-electron chi connectivity index (χ4n) is 4.74. The van der Waals surface area contributed by atoms with Gasteiger partial charge in [0.15, 0.2) is 0 Å². The Morgan fingerprint density at radius 2 is 2.00 bits per heavy atom. The van der Waals surface area contributed by atoms with Crippen LogP contribution in [0.5, 0.6) is 0 Å². The van der Waals surface area contributed by atoms with E-state index in [-0.39, 0.29) is 17.7 Å². The Hall–Kier alpha value is -1.06. The molecule has 1 saturated heterocycles. The normalized spacial score (nSPS) is 30.6. The van der Waals surface area contributed by atoms with E-state index in [4.69, 9.17) is 4.74 Å². The Morgan fingerprint density at radius 3 is 2.60 bits per heavy atom. The Kier molecular flexibility index (Phi) is 6.56. The number of rotatable bonds is 4. The lowest BCUT2D eigenvalue weighted by Gasteiger charge is -2.55. The molecule has 4 nitrogen and oxygen atoms in total. The molecular formula is C21H37NO3. The van der Waals surface area contributed by atoms with Gasteiger partial charge in [0.2, 0.25) is 0 Å². The number of carbonyl (C=O) groups excluding carboxylic acids is 2. The fraction of sp³-hybridized carbons (Fsp3) is 0.905. The molecule has 1 amide bonds. The second-order valence-corrected chi connectivity index (χ2v) is 9.17. The van der Waals surface area contributed by atoms with E-state index >= 15 is 0 Å². The van der Waals surface area contributed by atoms with Gasteiger partial charge in [0, 0.05) is 18.9 Å². The van der Waals surface area contributed by atoms with Crippen molar-refractivity contribution in [3.8, 4) is 0 Å². The Bertz CT molecular complexity index is 482. The molecule has 3 atom stereocenters. The molecule has 4 heteroatoms. The second-order valence-electron chi connectivity index (χ2n) is 9.17. The Morgan fingerprint density at radius 1 is 1.28 bits per heavy atom. The van der Waals surface area contributed by atoms with E-state index in [1.54, 1.807) is 0 Å². The molecule has 1 aliphatic heterocycles. The van der Waals surface area contributed by atoms with Crippen molar-refractivity contribution in [3.05, 3.63) is 0 Å². The van der Waals surface area contributed by atoms with Crippen LogP contribution >= 0.6 is 0 Å². The number of piperidine rings is 1. The molecule has 1 spiro atoms. The van der Waals surface area contributed by atoms with Gasteiger partial charge in [-0.3, -0.25) is 9.69 Å². The maximum atomic E-state index is 13.2. The predicted molar refractivity (Wildman–Crippen MR) is 101 cm³/mol. The summed E-state index contributed by atoms with van der Waals surface area (Å²) < 4.78 is 5.80. The molecule has 0 unspecified atom stereocenters. The van der Waals surface area contributed by atoms with Gasteiger partial charge in [0.1, 0.15) is 11.4 Å². The van der Waals surface area contributed by atoms with Crippen LogP contribution in [0.1, 0.15) is 98.8 Å². The van der Waals surface area contributed by atoms with E-state index in [2.05, 4.69) is 13.8 Å². The number of amides is 1. The first-order chi connectivity index (χ1) is 11.7. The van der Waals surface area contributed by atoms with Gasteiger partial charge < -0.3 is 4.74 Å². The summed E-state index contributed by atoms with van der Waals surface area (Å²) >= 11 is 0. The minimum atomic E-state index is -0.508. The minimum absolute atomic E-state index is 0.00296. The van der Waals surface area contributed by atoms with Gasteiger partial charge >= 0.3 is 6.09 Å². The molecule has 0 bridgehead atoms. The first kappa shape index (κ1) is 20.3. The molecule has 1 aliphatic carbocycles. The van der Waals surface area contributed by atoms with E-state index in [0.29, 0.717) is 24.5 Å². The number of hydrogen-bond donors (Lipinski definition) is 0. The molecule has 2 aliphatic rings. The predicted octanol–water partition coefficient (Wildman–Crippen LogP) is 5.48. The van der Waals surface area contributed by atoms with Gasteiger partial charge in [-0.15, -0.1) is 0 Å². The van der Waals surface area contributed by atoms with Gasteiger partial charge in [-0.1, -0.05) is 46.0 Å². The highest BCUT2D eigenvalue weighted by atomic mass is 16.6. The summed E-state index contributed by atoms with van der Waals surface area (Å²) in [4.78, 5) is 27.8. The molecule has 144 valence electrons. The molecule has 2 rings (SSSR count). The van der Waals surface area contributed by atoms with Crippen molar-refractivity contribution < 1.29 is 14.3 Å². The number of Topliss-reactive ketones (excluding diaryl/α,β-unsaturated/α-hetero) is 1. The van der Waals surface area contributed by atoms with Gasteiger partial charge in [-0.2, -0.15) is 0 Å². The van der Waals surface area contributed by atoms with E-state index in [0.717, 1.165) is 44.9 Å². The van der Waals surface area contributed by atoms with Gasteiger partial charge in [0.25, 0.3) is 0 Å². The van der Waals surface area contributed by atoms with Gasteiger partial charge in [-0.05, 0) is 46.0 Å². The summed E-state index contributed by atoms with van der Waals surface area (Å²) in [5.41, 5.74) is -0.835. The zero-order chi connectivity index (χ0) is 18.7. The maximum Gasteiger partial charge on any atom is 0.411 e. The summed E-state index contributed by atoms with van der Waals surface area (Å²) in [6.45, 7) is 10.2. The minimum Gasteiger partial charge on any atom is -0.444 e. The SMILES string of the molecule is CCCCC[C@H]1CC(=O)C[C@]2(CCCC[C@H]2C)N1C(=O)OC(C)(C)C. The lowest BCUT2D eigenvalue weighted by molar-refractivity contribution is -0.135. The summed E-state index contributed by atoms with van der Waals surface area (Å²) in [6, 6.07) is 0.00296. The summed E-state index contributed by atoms with van der Waals surface area (Å²) in [6.07, 6.45) is 9.39. The number of nitrogens with zero attached hydrogens (tertiary/aromatic N) is 1. The van der Waals surface area contributed by atoms with Crippen molar-refractivity contribution in [2.75, 3.05) is 0 Å². The van der Waals surface area contributed by atoms with Gasteiger partial charge in [-0.25, -0.2) is 4.79 Å². The third-order valence-electron chi connectivity index (χ3n) is 5.96. The van der Waals surface area contributed by atoms with Crippen molar-refractivity contribution in [3.63, 3.8) is 0 Å². The van der Waals surface area contributed by atoms with Crippen LogP contribution in [0.2, 0.25) is 0 Å². The topological polar surface area (TPSA) is 46.6 Å². The van der Waals surface area contributed by atoms with Crippen LogP contribution in [0.15, 0.2) is 0 Å². The Balaban J connectivity index is 2.32. The standard InChI is InChI=1S/C21H37NO3/c1-6-7-8-12-17-14-18(23)15-21(13-10-9-11-16(21)2)22(17)19(24)25-20(3,4)5/h16-17H,6-15H2,1-5H3/t16-,17+,21+/m1/s1. The van der Waals surface area contributed by atoms with Crippen LogP contribution in [0.25, 0.3) is 0 Å². The van der Waals surface area contributed by atoms with Crippen LogP contribution in [-0.2, 0) is 9.53 Å². The highest BCUT2D eigenvalue weighted by Gasteiger charge is 2.53. The first-order valence-corrected chi connectivity index (χ1v) is 10.2. The largest absolute Gasteiger partial charge is 0.444 e. The summed E-state index contributed by atoms with van der Waals surface area (Å²) in [5.74, 6) is 0.682. The summed E-state index contributed by atoms with van der Waals surface area (Å²) in [7, 11) is 0. The van der Waals surface area contributed by atoms with E-state index in [9.17, 15) is 9.59 Å². The zero-order valence-electron chi connectivity index (χ0n) is 16.9. The first-order valence-electron chi connectivity index (χ1n) is 10.2. The number of ketones is 1. The molecule has 0 radical (unpaired) electrons. The number of carbonyl (C=O) groups is 2. The number of hydrogen-bond acceptors (Lipinski definition) is 3. The number of ether oxygens (including phenoxy) is 1. The second kappa shape index (κ2) is 8.09. The Labute approximate surface area is 153 Å². The highest BCUT2D eigenvalue weighted by Crippen LogP contribution is 2.46.